The molecule has 0 saturated heterocycles. The van der Waals surface area contributed by atoms with E-state index in [0.717, 1.165) is 97.1 Å². The predicted molar refractivity (Wildman–Crippen MR) is 236 cm³/mol. The lowest BCUT2D eigenvalue weighted by Crippen LogP contribution is -2.26. The van der Waals surface area contributed by atoms with Crippen LogP contribution >= 0.6 is 31.9 Å². The van der Waals surface area contributed by atoms with Crippen LogP contribution in [0.3, 0.4) is 0 Å². The lowest BCUT2D eigenvalue weighted by Gasteiger charge is -2.30. The summed E-state index contributed by atoms with van der Waals surface area (Å²) >= 11 is 7.38. The lowest BCUT2D eigenvalue weighted by molar-refractivity contribution is 0.0960. The number of carbonyl (C=O) groups is 2. The SMILES string of the molecule is O=C(c1ccccc1Br)n1c2ccccc2c2ccc3c(c21)-c1ccccc1C31c2ccccc2-c2c1ccc1c3ccccc3n(C(=O)c3ccccc3Br)c21. The first kappa shape index (κ1) is 32.9. The summed E-state index contributed by atoms with van der Waals surface area (Å²) in [6.07, 6.45) is 0. The molecule has 0 atom stereocenters. The van der Waals surface area contributed by atoms with Crippen molar-refractivity contribution >= 4 is 87.3 Å². The van der Waals surface area contributed by atoms with Gasteiger partial charge in [-0.05, 0) is 102 Å². The Morgan fingerprint density at radius 3 is 1.23 bits per heavy atom. The molecule has 268 valence electrons. The van der Waals surface area contributed by atoms with E-state index >= 15 is 0 Å². The number of fused-ring (bicyclic) bond motifs is 18. The van der Waals surface area contributed by atoms with E-state index in [0.29, 0.717) is 11.1 Å². The quantitative estimate of drug-likeness (QED) is 0.174. The van der Waals surface area contributed by atoms with Crippen molar-refractivity contribution in [2.45, 2.75) is 5.41 Å². The van der Waals surface area contributed by atoms with Crippen LogP contribution in [-0.2, 0) is 5.41 Å². The Morgan fingerprint density at radius 2 is 0.772 bits per heavy atom. The summed E-state index contributed by atoms with van der Waals surface area (Å²) in [5, 5.41) is 4.10. The maximum Gasteiger partial charge on any atom is 0.264 e. The number of nitrogens with zero attached hydrogens (tertiary/aromatic N) is 2. The molecular formula is C51H28Br2N2O2. The van der Waals surface area contributed by atoms with Crippen LogP contribution < -0.4 is 0 Å². The molecule has 2 aliphatic carbocycles. The van der Waals surface area contributed by atoms with Crippen LogP contribution in [-0.4, -0.2) is 20.9 Å². The summed E-state index contributed by atoms with van der Waals surface area (Å²) in [7, 11) is 0. The van der Waals surface area contributed by atoms with Crippen LogP contribution in [0.1, 0.15) is 43.0 Å². The molecule has 12 rings (SSSR count). The van der Waals surface area contributed by atoms with Gasteiger partial charge in [0.05, 0.1) is 38.6 Å². The first-order valence-corrected chi connectivity index (χ1v) is 20.5. The molecule has 57 heavy (non-hydrogen) atoms. The molecule has 2 aromatic heterocycles. The average molecular weight is 861 g/mol. The molecule has 4 nitrogen and oxygen atoms in total. The van der Waals surface area contributed by atoms with Crippen molar-refractivity contribution in [2.24, 2.45) is 0 Å². The van der Waals surface area contributed by atoms with Gasteiger partial charge >= 0.3 is 0 Å². The Morgan fingerprint density at radius 1 is 0.386 bits per heavy atom. The number of rotatable bonds is 2. The van der Waals surface area contributed by atoms with Gasteiger partial charge in [0.1, 0.15) is 0 Å². The molecule has 1 spiro atoms. The number of carbonyl (C=O) groups excluding carboxylic acids is 2. The summed E-state index contributed by atoms with van der Waals surface area (Å²) in [6.45, 7) is 0. The number of halogens is 2. The van der Waals surface area contributed by atoms with E-state index in [-0.39, 0.29) is 11.8 Å². The second-order valence-corrected chi connectivity index (χ2v) is 16.6. The minimum absolute atomic E-state index is 0.0930. The highest BCUT2D eigenvalue weighted by Gasteiger charge is 2.53. The van der Waals surface area contributed by atoms with Gasteiger partial charge in [-0.2, -0.15) is 0 Å². The van der Waals surface area contributed by atoms with Crippen molar-refractivity contribution < 1.29 is 9.59 Å². The van der Waals surface area contributed by atoms with Crippen molar-refractivity contribution in [2.75, 3.05) is 0 Å². The number of hydrogen-bond donors (Lipinski definition) is 0. The van der Waals surface area contributed by atoms with Gasteiger partial charge in [-0.15, -0.1) is 0 Å². The Labute approximate surface area is 343 Å². The zero-order valence-corrected chi connectivity index (χ0v) is 33.3. The van der Waals surface area contributed by atoms with Gasteiger partial charge in [0.15, 0.2) is 0 Å². The third-order valence-electron chi connectivity index (χ3n) is 12.3. The predicted octanol–water partition coefficient (Wildman–Crippen LogP) is 13.1. The van der Waals surface area contributed by atoms with Crippen LogP contribution in [0.4, 0.5) is 0 Å². The van der Waals surface area contributed by atoms with E-state index in [1.807, 2.05) is 94.1 Å². The van der Waals surface area contributed by atoms with Crippen molar-refractivity contribution in [3.05, 3.63) is 212 Å². The molecule has 6 heteroatoms. The Hall–Kier alpha value is -6.34. The van der Waals surface area contributed by atoms with Gasteiger partial charge in [-0.25, -0.2) is 0 Å². The molecule has 0 saturated carbocycles. The molecule has 0 amide bonds. The number of hydrogen-bond acceptors (Lipinski definition) is 2. The highest BCUT2D eigenvalue weighted by molar-refractivity contribution is 9.10. The third-order valence-corrected chi connectivity index (χ3v) is 13.7. The van der Waals surface area contributed by atoms with E-state index in [9.17, 15) is 9.59 Å². The largest absolute Gasteiger partial charge is 0.275 e. The van der Waals surface area contributed by atoms with Gasteiger partial charge in [-0.1, -0.05) is 133 Å². The highest BCUT2D eigenvalue weighted by Crippen LogP contribution is 2.65. The second kappa shape index (κ2) is 11.8. The molecule has 8 aromatic carbocycles. The Balaban J connectivity index is 1.25. The molecular weight excluding hydrogens is 832 g/mol. The summed E-state index contributed by atoms with van der Waals surface area (Å²) < 4.78 is 5.36. The molecule has 2 aliphatic rings. The molecule has 2 heterocycles. The zero-order chi connectivity index (χ0) is 38.2. The second-order valence-electron chi connectivity index (χ2n) is 14.9. The molecule has 0 aliphatic heterocycles. The molecule has 0 fully saturated rings. The van der Waals surface area contributed by atoms with Crippen LogP contribution in [0, 0.1) is 0 Å². The first-order valence-electron chi connectivity index (χ1n) is 18.9. The van der Waals surface area contributed by atoms with Crippen LogP contribution in [0.5, 0.6) is 0 Å². The smallest absolute Gasteiger partial charge is 0.264 e. The zero-order valence-electron chi connectivity index (χ0n) is 30.1. The standard InChI is InChI=1S/C51H28Br2N2O2/c52-41-21-9-3-17-35(41)49(56)54-43-23-11-5-13-29(43)31-25-27-39-45(47(31)54)33-15-1-7-19-37(33)51(39)38-20-8-2-16-34(38)46-40(51)28-26-32-30-14-6-12-24-44(30)55(48(32)46)50(57)36-18-4-10-22-42(36)53/h1-28H. The van der Waals surface area contributed by atoms with Gasteiger partial charge < -0.3 is 0 Å². The number of aromatic nitrogens is 2. The highest BCUT2D eigenvalue weighted by atomic mass is 79.9. The van der Waals surface area contributed by atoms with Crippen molar-refractivity contribution in [3.8, 4) is 22.3 Å². The van der Waals surface area contributed by atoms with E-state index in [4.69, 9.17) is 0 Å². The first-order chi connectivity index (χ1) is 28.0. The number of benzene rings is 8. The van der Waals surface area contributed by atoms with Gasteiger partial charge in [0, 0.05) is 41.6 Å². The van der Waals surface area contributed by atoms with Crippen LogP contribution in [0.2, 0.25) is 0 Å². The fourth-order valence-corrected chi connectivity index (χ4v) is 11.1. The Kier molecular flexibility index (Phi) is 6.83. The lowest BCUT2D eigenvalue weighted by atomic mass is 9.70. The maximum absolute atomic E-state index is 14.9. The summed E-state index contributed by atoms with van der Waals surface area (Å²) in [6, 6.07) is 58.1. The van der Waals surface area contributed by atoms with Gasteiger partial charge in [-0.3, -0.25) is 18.7 Å². The molecule has 10 aromatic rings. The topological polar surface area (TPSA) is 44.0 Å². The minimum atomic E-state index is -0.727. The average Bonchev–Trinajstić information content (AvgIpc) is 3.95. The van der Waals surface area contributed by atoms with E-state index in [1.54, 1.807) is 0 Å². The van der Waals surface area contributed by atoms with Gasteiger partial charge in [0.2, 0.25) is 0 Å². The molecule has 0 unspecified atom stereocenters. The van der Waals surface area contributed by atoms with Gasteiger partial charge in [0.25, 0.3) is 11.8 Å². The summed E-state index contributed by atoms with van der Waals surface area (Å²) in [4.78, 5) is 29.9. The van der Waals surface area contributed by atoms with Crippen molar-refractivity contribution in [3.63, 3.8) is 0 Å². The van der Waals surface area contributed by atoms with E-state index in [2.05, 4.69) is 117 Å². The fourth-order valence-electron chi connectivity index (χ4n) is 10.1. The minimum Gasteiger partial charge on any atom is -0.275 e. The maximum atomic E-state index is 14.9. The van der Waals surface area contributed by atoms with Crippen LogP contribution in [0.25, 0.3) is 65.9 Å². The molecule has 0 bridgehead atoms. The monoisotopic (exact) mass is 858 g/mol. The van der Waals surface area contributed by atoms with Crippen molar-refractivity contribution in [1.29, 1.82) is 0 Å². The van der Waals surface area contributed by atoms with Crippen molar-refractivity contribution in [1.82, 2.24) is 9.13 Å². The molecule has 0 N–H and O–H groups in total. The third kappa shape index (κ3) is 4.11. The molecule has 0 radical (unpaired) electrons. The summed E-state index contributed by atoms with van der Waals surface area (Å²) in [5.41, 5.74) is 12.8. The van der Waals surface area contributed by atoms with E-state index < -0.39 is 5.41 Å². The van der Waals surface area contributed by atoms with E-state index in [1.165, 1.54) is 0 Å². The summed E-state index contributed by atoms with van der Waals surface area (Å²) in [5.74, 6) is -0.186. The fraction of sp³-hybridized carbons (Fsp3) is 0.0196. The normalized spacial score (nSPS) is 13.4. The van der Waals surface area contributed by atoms with Crippen LogP contribution in [0.15, 0.2) is 179 Å². The Bertz CT molecular complexity index is 3210. The number of para-hydroxylation sites is 2.